The normalized spacial score (nSPS) is 18.5. The van der Waals surface area contributed by atoms with Crippen molar-refractivity contribution in [2.75, 3.05) is 18.6 Å². The summed E-state index contributed by atoms with van der Waals surface area (Å²) in [5, 5.41) is 3.55. The van der Waals surface area contributed by atoms with Gasteiger partial charge in [0.2, 0.25) is 0 Å². The quantitative estimate of drug-likeness (QED) is 0.877. The van der Waals surface area contributed by atoms with E-state index in [0.29, 0.717) is 12.5 Å². The Hall–Kier alpha value is -0.250. The summed E-state index contributed by atoms with van der Waals surface area (Å²) in [6.07, 6.45) is 4.43. The van der Waals surface area contributed by atoms with E-state index in [1.165, 1.54) is 24.3 Å². The first-order valence-corrected chi connectivity index (χ1v) is 8.42. The van der Waals surface area contributed by atoms with Crippen LogP contribution in [0.3, 0.4) is 0 Å². The maximum Gasteiger partial charge on any atom is 0.145 e. The fourth-order valence-electron chi connectivity index (χ4n) is 2.66. The van der Waals surface area contributed by atoms with Gasteiger partial charge in [-0.05, 0) is 61.8 Å². The van der Waals surface area contributed by atoms with Crippen LogP contribution in [0.15, 0.2) is 18.2 Å². The number of thioether (sulfide) groups is 1. The molecule has 2 rings (SSSR count). The Kier molecular flexibility index (Phi) is 5.99. The number of hydrogen-bond acceptors (Lipinski definition) is 2. The number of halogens is 2. The van der Waals surface area contributed by atoms with Crippen molar-refractivity contribution in [3.8, 4) is 0 Å². The van der Waals surface area contributed by atoms with E-state index in [1.807, 2.05) is 30.9 Å². The third kappa shape index (κ3) is 4.37. The predicted molar refractivity (Wildman–Crippen MR) is 82.6 cm³/mol. The second-order valence-corrected chi connectivity index (χ2v) is 6.83. The highest BCUT2D eigenvalue weighted by molar-refractivity contribution is 7.99. The van der Waals surface area contributed by atoms with Crippen molar-refractivity contribution in [1.29, 1.82) is 0 Å². The van der Waals surface area contributed by atoms with Gasteiger partial charge < -0.3 is 5.32 Å². The molecule has 19 heavy (non-hydrogen) atoms. The van der Waals surface area contributed by atoms with Crippen LogP contribution in [0, 0.1) is 11.7 Å². The van der Waals surface area contributed by atoms with Crippen LogP contribution >= 0.6 is 23.4 Å². The van der Waals surface area contributed by atoms with Gasteiger partial charge in [0.25, 0.3) is 0 Å². The second-order valence-electron chi connectivity index (χ2n) is 5.19. The van der Waals surface area contributed by atoms with Crippen molar-refractivity contribution in [3.05, 3.63) is 34.6 Å². The van der Waals surface area contributed by atoms with E-state index in [0.717, 1.165) is 17.9 Å². The molecule has 0 bridgehead atoms. The molecule has 1 aliphatic heterocycles. The first-order chi connectivity index (χ1) is 9.20. The number of rotatable bonds is 5. The second kappa shape index (κ2) is 7.51. The number of benzene rings is 1. The first-order valence-electron chi connectivity index (χ1n) is 6.88. The molecule has 0 spiro atoms. The molecular formula is C15H21ClFNS. The third-order valence-corrected chi connectivity index (χ3v) is 5.21. The van der Waals surface area contributed by atoms with Crippen molar-refractivity contribution < 1.29 is 4.39 Å². The molecule has 1 fully saturated rings. The molecule has 1 aromatic carbocycles. The topological polar surface area (TPSA) is 12.0 Å². The molecular weight excluding hydrogens is 281 g/mol. The van der Waals surface area contributed by atoms with Gasteiger partial charge in [0.15, 0.2) is 0 Å². The lowest BCUT2D eigenvalue weighted by atomic mass is 9.91. The molecule has 1 saturated heterocycles. The summed E-state index contributed by atoms with van der Waals surface area (Å²) in [6, 6.07) is 5.60. The molecule has 106 valence electrons. The van der Waals surface area contributed by atoms with Gasteiger partial charge in [-0.25, -0.2) is 4.39 Å². The fourth-order valence-corrected chi connectivity index (χ4v) is 4.06. The van der Waals surface area contributed by atoms with Crippen molar-refractivity contribution >= 4 is 23.4 Å². The van der Waals surface area contributed by atoms with Crippen molar-refractivity contribution in [2.45, 2.75) is 31.7 Å². The Morgan fingerprint density at radius 1 is 1.42 bits per heavy atom. The van der Waals surface area contributed by atoms with Gasteiger partial charge in [0.1, 0.15) is 5.82 Å². The highest BCUT2D eigenvalue weighted by atomic mass is 35.5. The zero-order valence-electron chi connectivity index (χ0n) is 11.3. The molecule has 1 aliphatic rings. The maximum atomic E-state index is 13.9. The summed E-state index contributed by atoms with van der Waals surface area (Å²) in [7, 11) is 1.96. The number of hydrogen-bond donors (Lipinski definition) is 1. The first kappa shape index (κ1) is 15.1. The van der Waals surface area contributed by atoms with E-state index < -0.39 is 0 Å². The zero-order chi connectivity index (χ0) is 13.7. The van der Waals surface area contributed by atoms with Gasteiger partial charge in [-0.1, -0.05) is 23.7 Å². The van der Waals surface area contributed by atoms with Crippen LogP contribution in [0.25, 0.3) is 0 Å². The summed E-state index contributed by atoms with van der Waals surface area (Å²) in [4.78, 5) is 0. The van der Waals surface area contributed by atoms with Crippen LogP contribution in [0.2, 0.25) is 5.02 Å². The van der Waals surface area contributed by atoms with Gasteiger partial charge in [-0.3, -0.25) is 0 Å². The Morgan fingerprint density at radius 2 is 2.16 bits per heavy atom. The molecule has 0 radical (unpaired) electrons. The lowest BCUT2D eigenvalue weighted by Crippen LogP contribution is -2.31. The largest absolute Gasteiger partial charge is 0.317 e. The summed E-state index contributed by atoms with van der Waals surface area (Å²) in [6.45, 7) is 0. The molecule has 4 heteroatoms. The summed E-state index contributed by atoms with van der Waals surface area (Å²) in [5.41, 5.74) is 0.719. The van der Waals surface area contributed by atoms with Crippen molar-refractivity contribution in [1.82, 2.24) is 5.32 Å². The monoisotopic (exact) mass is 301 g/mol. The van der Waals surface area contributed by atoms with Gasteiger partial charge in [0.05, 0.1) is 5.02 Å². The average Bonchev–Trinajstić information content (AvgIpc) is 2.44. The predicted octanol–water partition coefficient (Wildman–Crippen LogP) is 4.14. The molecule has 0 aromatic heterocycles. The van der Waals surface area contributed by atoms with Crippen molar-refractivity contribution in [2.24, 2.45) is 5.92 Å². The van der Waals surface area contributed by atoms with Crippen LogP contribution < -0.4 is 5.32 Å². The van der Waals surface area contributed by atoms with Gasteiger partial charge in [0, 0.05) is 6.04 Å². The molecule has 0 aliphatic carbocycles. The molecule has 1 atom stereocenters. The van der Waals surface area contributed by atoms with Crippen LogP contribution in [-0.4, -0.2) is 24.6 Å². The Morgan fingerprint density at radius 3 is 2.84 bits per heavy atom. The fraction of sp³-hybridized carbons (Fsp3) is 0.600. The minimum atomic E-state index is -0.261. The SMILES string of the molecule is CNC(Cc1cccc(Cl)c1F)CC1CCSCC1. The standard InChI is InChI=1S/C15H21ClFNS/c1-18-13(9-11-5-7-19-8-6-11)10-12-3-2-4-14(16)15(12)17/h2-4,11,13,18H,5-10H2,1H3. The highest BCUT2D eigenvalue weighted by Crippen LogP contribution is 2.27. The van der Waals surface area contributed by atoms with E-state index >= 15 is 0 Å². The number of nitrogens with one attached hydrogen (secondary N) is 1. The summed E-state index contributed by atoms with van der Waals surface area (Å²) in [5.74, 6) is 3.06. The van der Waals surface area contributed by atoms with Gasteiger partial charge >= 0.3 is 0 Å². The summed E-state index contributed by atoms with van der Waals surface area (Å²) >= 11 is 7.88. The highest BCUT2D eigenvalue weighted by Gasteiger charge is 2.19. The van der Waals surface area contributed by atoms with Crippen molar-refractivity contribution in [3.63, 3.8) is 0 Å². The van der Waals surface area contributed by atoms with Crippen LogP contribution in [-0.2, 0) is 6.42 Å². The van der Waals surface area contributed by atoms with Gasteiger partial charge in [-0.15, -0.1) is 0 Å². The third-order valence-electron chi connectivity index (χ3n) is 3.86. The Labute approximate surface area is 124 Å². The maximum absolute atomic E-state index is 13.9. The lowest BCUT2D eigenvalue weighted by Gasteiger charge is -2.26. The smallest absolute Gasteiger partial charge is 0.145 e. The lowest BCUT2D eigenvalue weighted by molar-refractivity contribution is 0.373. The molecule has 1 nitrogen and oxygen atoms in total. The molecule has 1 N–H and O–H groups in total. The zero-order valence-corrected chi connectivity index (χ0v) is 12.9. The number of likely N-dealkylation sites (N-methyl/N-ethyl adjacent to an activating group) is 1. The molecule has 0 amide bonds. The van der Waals surface area contributed by atoms with Crippen LogP contribution in [0.5, 0.6) is 0 Å². The van der Waals surface area contributed by atoms with Gasteiger partial charge in [-0.2, -0.15) is 11.8 Å². The van der Waals surface area contributed by atoms with E-state index in [4.69, 9.17) is 11.6 Å². The van der Waals surface area contributed by atoms with E-state index in [-0.39, 0.29) is 10.8 Å². The Bertz CT molecular complexity index is 407. The molecule has 1 aromatic rings. The molecule has 0 saturated carbocycles. The average molecular weight is 302 g/mol. The van der Waals surface area contributed by atoms with Crippen LogP contribution in [0.4, 0.5) is 4.39 Å². The minimum absolute atomic E-state index is 0.224. The Balaban J connectivity index is 1.96. The molecule has 1 unspecified atom stereocenters. The summed E-state index contributed by atoms with van der Waals surface area (Å²) < 4.78 is 13.9. The van der Waals surface area contributed by atoms with E-state index in [9.17, 15) is 4.39 Å². The van der Waals surface area contributed by atoms with E-state index in [2.05, 4.69) is 5.32 Å². The molecule has 1 heterocycles. The van der Waals surface area contributed by atoms with E-state index in [1.54, 1.807) is 6.07 Å². The van der Waals surface area contributed by atoms with Crippen LogP contribution in [0.1, 0.15) is 24.8 Å². The minimum Gasteiger partial charge on any atom is -0.317 e.